The molecule has 3 aromatic rings. The zero-order valence-corrected chi connectivity index (χ0v) is 20.5. The van der Waals surface area contributed by atoms with Crippen molar-refractivity contribution in [2.24, 2.45) is 7.05 Å². The quantitative estimate of drug-likeness (QED) is 0.268. The van der Waals surface area contributed by atoms with Gasteiger partial charge in [-0.1, -0.05) is 48.2 Å². The molecule has 0 saturated heterocycles. The summed E-state index contributed by atoms with van der Waals surface area (Å²) in [5.74, 6) is 0.722. The Balaban J connectivity index is 1.26. The first-order valence-electron chi connectivity index (χ1n) is 11.7. The Labute approximate surface area is 204 Å². The number of aromatic nitrogens is 2. The predicted molar refractivity (Wildman–Crippen MR) is 134 cm³/mol. The lowest BCUT2D eigenvalue weighted by atomic mass is 9.99. The minimum absolute atomic E-state index is 0.0696. The van der Waals surface area contributed by atoms with Gasteiger partial charge in [-0.25, -0.2) is 9.37 Å². The lowest BCUT2D eigenvalue weighted by molar-refractivity contribution is -0.132. The number of aryl methyl sites for hydroxylation is 1. The second kappa shape index (κ2) is 11.0. The monoisotopic (exact) mass is 479 g/mol. The minimum Gasteiger partial charge on any atom is -0.338 e. The van der Waals surface area contributed by atoms with Crippen LogP contribution in [0.5, 0.6) is 0 Å². The summed E-state index contributed by atoms with van der Waals surface area (Å²) < 4.78 is 14.8. The molecule has 178 valence electrons. The van der Waals surface area contributed by atoms with Gasteiger partial charge in [-0.2, -0.15) is 0 Å². The van der Waals surface area contributed by atoms with Crippen LogP contribution < -0.4 is 5.56 Å². The van der Waals surface area contributed by atoms with Crippen LogP contribution in [0.15, 0.2) is 58.5 Å². The molecule has 7 heteroatoms. The smallest absolute Gasteiger partial charge is 0.257 e. The second-order valence-electron chi connectivity index (χ2n) is 8.77. The van der Waals surface area contributed by atoms with Crippen LogP contribution in [0.25, 0.3) is 0 Å². The SMILES string of the molecule is Cc1nc(SCCCCC(=O)N2CCc3ccccc3C2)n(C)c(=O)c1Cc1ccc(F)cc1. The maximum absolute atomic E-state index is 13.2. The van der Waals surface area contributed by atoms with Crippen LogP contribution >= 0.6 is 11.8 Å². The molecule has 1 aromatic heterocycles. The number of halogens is 1. The van der Waals surface area contributed by atoms with Gasteiger partial charge in [-0.15, -0.1) is 0 Å². The molecule has 0 saturated carbocycles. The van der Waals surface area contributed by atoms with Crippen molar-refractivity contribution in [2.45, 2.75) is 50.7 Å². The molecule has 0 spiro atoms. The van der Waals surface area contributed by atoms with Crippen LogP contribution in [0.2, 0.25) is 0 Å². The van der Waals surface area contributed by atoms with Gasteiger partial charge < -0.3 is 4.90 Å². The van der Waals surface area contributed by atoms with Crippen molar-refractivity contribution in [1.82, 2.24) is 14.5 Å². The highest BCUT2D eigenvalue weighted by atomic mass is 32.2. The number of amides is 1. The Hall–Kier alpha value is -2.93. The highest BCUT2D eigenvalue weighted by Crippen LogP contribution is 2.21. The van der Waals surface area contributed by atoms with Crippen LogP contribution in [-0.2, 0) is 31.2 Å². The highest BCUT2D eigenvalue weighted by Gasteiger charge is 2.20. The number of carbonyl (C=O) groups excluding carboxylic acids is 1. The minimum atomic E-state index is -0.291. The number of hydrogen-bond donors (Lipinski definition) is 0. The van der Waals surface area contributed by atoms with E-state index in [0.717, 1.165) is 37.1 Å². The average Bonchev–Trinajstić information content (AvgIpc) is 2.85. The molecule has 2 heterocycles. The van der Waals surface area contributed by atoms with Gasteiger partial charge in [0.15, 0.2) is 5.16 Å². The summed E-state index contributed by atoms with van der Waals surface area (Å²) in [7, 11) is 1.74. The van der Waals surface area contributed by atoms with Gasteiger partial charge in [0.1, 0.15) is 5.82 Å². The van der Waals surface area contributed by atoms with Gasteiger partial charge in [-0.05, 0) is 55.0 Å². The predicted octanol–water partition coefficient (Wildman–Crippen LogP) is 4.67. The zero-order valence-electron chi connectivity index (χ0n) is 19.7. The molecular formula is C27H30FN3O2S. The zero-order chi connectivity index (χ0) is 24.1. The van der Waals surface area contributed by atoms with Gasteiger partial charge in [0.05, 0.1) is 0 Å². The number of carbonyl (C=O) groups is 1. The summed E-state index contributed by atoms with van der Waals surface area (Å²) in [6.45, 7) is 3.35. The van der Waals surface area contributed by atoms with Gasteiger partial charge in [0.25, 0.3) is 5.56 Å². The third-order valence-electron chi connectivity index (χ3n) is 6.34. The largest absolute Gasteiger partial charge is 0.338 e. The standard InChI is InChI=1S/C27H30FN3O2S/c1-19-24(17-20-10-12-23(28)13-11-20)26(33)30(2)27(29-19)34-16-6-5-9-25(32)31-15-14-21-7-3-4-8-22(21)18-31/h3-4,7-8,10-13H,5-6,9,14-18H2,1-2H3. The Morgan fingerprint density at radius 2 is 1.82 bits per heavy atom. The number of unbranched alkanes of at least 4 members (excludes halogenated alkanes) is 1. The third kappa shape index (κ3) is 5.76. The van der Waals surface area contributed by atoms with Crippen LogP contribution in [0, 0.1) is 12.7 Å². The van der Waals surface area contributed by atoms with E-state index in [2.05, 4.69) is 23.2 Å². The molecule has 0 radical (unpaired) electrons. The molecular weight excluding hydrogens is 449 g/mol. The van der Waals surface area contributed by atoms with Crippen LogP contribution in [0.3, 0.4) is 0 Å². The molecule has 0 aliphatic carbocycles. The molecule has 1 aliphatic rings. The summed E-state index contributed by atoms with van der Waals surface area (Å²) in [6.07, 6.45) is 3.60. The molecule has 0 N–H and O–H groups in total. The van der Waals surface area contributed by atoms with Crippen molar-refractivity contribution in [3.8, 4) is 0 Å². The maximum Gasteiger partial charge on any atom is 0.257 e. The van der Waals surface area contributed by atoms with Crippen molar-refractivity contribution < 1.29 is 9.18 Å². The van der Waals surface area contributed by atoms with E-state index in [9.17, 15) is 14.0 Å². The van der Waals surface area contributed by atoms with E-state index in [1.165, 1.54) is 23.3 Å². The van der Waals surface area contributed by atoms with Crippen molar-refractivity contribution in [2.75, 3.05) is 12.3 Å². The molecule has 2 aromatic carbocycles. The van der Waals surface area contributed by atoms with Gasteiger partial charge >= 0.3 is 0 Å². The summed E-state index contributed by atoms with van der Waals surface area (Å²) in [5, 5.41) is 0.685. The van der Waals surface area contributed by atoms with Crippen LogP contribution in [0.4, 0.5) is 4.39 Å². The van der Waals surface area contributed by atoms with E-state index in [1.54, 1.807) is 35.5 Å². The number of fused-ring (bicyclic) bond motifs is 1. The van der Waals surface area contributed by atoms with E-state index < -0.39 is 0 Å². The van der Waals surface area contributed by atoms with E-state index >= 15 is 0 Å². The first-order chi connectivity index (χ1) is 16.4. The first-order valence-corrected chi connectivity index (χ1v) is 12.7. The van der Waals surface area contributed by atoms with Crippen molar-refractivity contribution in [3.05, 3.63) is 92.6 Å². The first kappa shape index (κ1) is 24.2. The number of benzene rings is 2. The summed E-state index contributed by atoms with van der Waals surface area (Å²) >= 11 is 1.55. The summed E-state index contributed by atoms with van der Waals surface area (Å²) in [4.78, 5) is 32.2. The van der Waals surface area contributed by atoms with Crippen molar-refractivity contribution in [3.63, 3.8) is 0 Å². The normalized spacial score (nSPS) is 13.1. The molecule has 0 bridgehead atoms. The fourth-order valence-corrected chi connectivity index (χ4v) is 5.29. The Morgan fingerprint density at radius 1 is 1.09 bits per heavy atom. The lowest BCUT2D eigenvalue weighted by Gasteiger charge is -2.29. The molecule has 1 amide bonds. The fourth-order valence-electron chi connectivity index (χ4n) is 4.28. The lowest BCUT2D eigenvalue weighted by Crippen LogP contribution is -2.35. The van der Waals surface area contributed by atoms with Crippen molar-refractivity contribution >= 4 is 17.7 Å². The van der Waals surface area contributed by atoms with Gasteiger partial charge in [0, 0.05) is 50.0 Å². The topological polar surface area (TPSA) is 55.2 Å². The fraction of sp³-hybridized carbons (Fsp3) is 0.370. The number of nitrogens with zero attached hydrogens (tertiary/aromatic N) is 3. The Bertz CT molecular complexity index is 1220. The van der Waals surface area contributed by atoms with Gasteiger partial charge in [-0.3, -0.25) is 14.2 Å². The highest BCUT2D eigenvalue weighted by molar-refractivity contribution is 7.99. The van der Waals surface area contributed by atoms with E-state index in [4.69, 9.17) is 0 Å². The summed E-state index contributed by atoms with van der Waals surface area (Å²) in [6, 6.07) is 14.5. The molecule has 0 atom stereocenters. The van der Waals surface area contributed by atoms with Crippen LogP contribution in [0.1, 0.15) is 47.2 Å². The number of thioether (sulfide) groups is 1. The average molecular weight is 480 g/mol. The number of rotatable bonds is 8. The van der Waals surface area contributed by atoms with E-state index in [1.807, 2.05) is 17.9 Å². The molecule has 1 aliphatic heterocycles. The van der Waals surface area contributed by atoms with E-state index in [-0.39, 0.29) is 17.3 Å². The molecule has 5 nitrogen and oxygen atoms in total. The Kier molecular flexibility index (Phi) is 7.83. The van der Waals surface area contributed by atoms with E-state index in [0.29, 0.717) is 35.8 Å². The molecule has 34 heavy (non-hydrogen) atoms. The molecule has 0 unspecified atom stereocenters. The second-order valence-corrected chi connectivity index (χ2v) is 9.83. The summed E-state index contributed by atoms with van der Waals surface area (Å²) in [5.41, 5.74) is 4.75. The third-order valence-corrected chi connectivity index (χ3v) is 7.46. The molecule has 4 rings (SSSR count). The van der Waals surface area contributed by atoms with Crippen LogP contribution in [-0.4, -0.2) is 32.7 Å². The number of hydrogen-bond acceptors (Lipinski definition) is 4. The molecule has 0 fully saturated rings. The maximum atomic E-state index is 13.2. The van der Waals surface area contributed by atoms with Gasteiger partial charge in [0.2, 0.25) is 5.91 Å². The Morgan fingerprint density at radius 3 is 2.59 bits per heavy atom. The van der Waals surface area contributed by atoms with Crippen molar-refractivity contribution in [1.29, 1.82) is 0 Å².